The number of benzene rings is 2. The number of amides is 2. The molecular weight excluding hydrogens is 422 g/mol. The van der Waals surface area contributed by atoms with Gasteiger partial charge in [0.25, 0.3) is 11.8 Å². The molecule has 2 heterocycles. The summed E-state index contributed by atoms with van der Waals surface area (Å²) in [5.74, 6) is 0.00673. The summed E-state index contributed by atoms with van der Waals surface area (Å²) < 4.78 is 0. The second kappa shape index (κ2) is 9.27. The van der Waals surface area contributed by atoms with Gasteiger partial charge in [-0.25, -0.2) is 0 Å². The number of para-hydroxylation sites is 1. The average molecular weight is 452 g/mol. The van der Waals surface area contributed by atoms with Gasteiger partial charge >= 0.3 is 0 Å². The normalized spacial score (nSPS) is 20.5. The maximum absolute atomic E-state index is 13.4. The van der Waals surface area contributed by atoms with Gasteiger partial charge in [-0.2, -0.15) is 0 Å². The van der Waals surface area contributed by atoms with Crippen LogP contribution in [0.5, 0.6) is 0 Å². The van der Waals surface area contributed by atoms with E-state index in [1.165, 1.54) is 0 Å². The summed E-state index contributed by atoms with van der Waals surface area (Å²) in [5, 5.41) is 3.08. The fourth-order valence-electron chi connectivity index (χ4n) is 5.30. The molecule has 2 aliphatic heterocycles. The standard InChI is InChI=1S/C29H29N3O2/c1-3-20-10-9-14-22(20)21(4-2)29(34)32-18-16-31(17-19-32)27-23-11-5-6-12-24(23)28(33)30-26-15-8-7-13-25(26)27/h3-13,15,27H,1,14,16-19H2,2H3,(H,30,33)/b21-4+. The number of carbonyl (C=O) groups is 2. The molecule has 172 valence electrons. The molecule has 0 aromatic heterocycles. The first-order chi connectivity index (χ1) is 16.6. The number of rotatable bonds is 4. The predicted octanol–water partition coefficient (Wildman–Crippen LogP) is 4.87. The first-order valence-electron chi connectivity index (χ1n) is 11.8. The van der Waals surface area contributed by atoms with Gasteiger partial charge < -0.3 is 10.2 Å². The number of carbonyl (C=O) groups excluding carboxylic acids is 2. The maximum Gasteiger partial charge on any atom is 0.256 e. The zero-order valence-electron chi connectivity index (χ0n) is 19.5. The summed E-state index contributed by atoms with van der Waals surface area (Å²) in [4.78, 5) is 30.7. The van der Waals surface area contributed by atoms with Gasteiger partial charge in [0.05, 0.1) is 6.04 Å². The Hall–Kier alpha value is -3.70. The number of nitrogens with one attached hydrogen (secondary N) is 1. The fourth-order valence-corrected chi connectivity index (χ4v) is 5.30. The van der Waals surface area contributed by atoms with E-state index in [4.69, 9.17) is 0 Å². The molecule has 5 rings (SSSR count). The molecule has 5 heteroatoms. The fraction of sp³-hybridized carbons (Fsp3) is 0.241. The Labute approximate surface area is 200 Å². The van der Waals surface area contributed by atoms with Crippen molar-refractivity contribution in [3.05, 3.63) is 113 Å². The molecule has 0 saturated carbocycles. The van der Waals surface area contributed by atoms with Crippen molar-refractivity contribution in [3.63, 3.8) is 0 Å². The highest BCUT2D eigenvalue weighted by Gasteiger charge is 2.34. The quantitative estimate of drug-likeness (QED) is 0.675. The minimum Gasteiger partial charge on any atom is -0.336 e. The molecule has 3 aliphatic rings. The van der Waals surface area contributed by atoms with Gasteiger partial charge in [-0.05, 0) is 47.8 Å². The van der Waals surface area contributed by atoms with E-state index in [2.05, 4.69) is 28.9 Å². The lowest BCUT2D eigenvalue weighted by molar-refractivity contribution is -0.128. The van der Waals surface area contributed by atoms with Gasteiger partial charge in [-0.3, -0.25) is 14.5 Å². The number of allylic oxidation sites excluding steroid dienone is 5. The predicted molar refractivity (Wildman–Crippen MR) is 136 cm³/mol. The molecule has 5 nitrogen and oxygen atoms in total. The van der Waals surface area contributed by atoms with E-state index in [0.717, 1.165) is 53.0 Å². The number of hydrogen-bond acceptors (Lipinski definition) is 3. The Morgan fingerprint density at radius 2 is 1.74 bits per heavy atom. The van der Waals surface area contributed by atoms with Crippen molar-refractivity contribution in [1.29, 1.82) is 0 Å². The SMILES string of the molecule is C=CC1=C(/C(=C\C)C(=O)N2CCN(C3c4ccccc4NC(=O)c4ccccc43)CC2)CC=C1. The van der Waals surface area contributed by atoms with Crippen LogP contribution in [0.3, 0.4) is 0 Å². The minimum atomic E-state index is -0.0754. The number of nitrogens with zero attached hydrogens (tertiary/aromatic N) is 2. The smallest absolute Gasteiger partial charge is 0.256 e. The Kier molecular flexibility index (Phi) is 6.03. The minimum absolute atomic E-state index is 0.0427. The highest BCUT2D eigenvalue weighted by Crippen LogP contribution is 2.38. The van der Waals surface area contributed by atoms with Gasteiger partial charge in [0.2, 0.25) is 0 Å². The third-order valence-corrected chi connectivity index (χ3v) is 7.00. The van der Waals surface area contributed by atoms with Crippen molar-refractivity contribution in [1.82, 2.24) is 9.80 Å². The van der Waals surface area contributed by atoms with Gasteiger partial charge in [0.15, 0.2) is 0 Å². The number of anilines is 1. The van der Waals surface area contributed by atoms with E-state index in [1.807, 2.05) is 72.5 Å². The second-order valence-corrected chi connectivity index (χ2v) is 8.81. The summed E-state index contributed by atoms with van der Waals surface area (Å²) in [7, 11) is 0. The van der Waals surface area contributed by atoms with Gasteiger partial charge in [-0.15, -0.1) is 0 Å². The van der Waals surface area contributed by atoms with Crippen molar-refractivity contribution >= 4 is 17.5 Å². The van der Waals surface area contributed by atoms with Gasteiger partial charge in [0, 0.05) is 43.0 Å². The number of hydrogen-bond donors (Lipinski definition) is 1. The van der Waals surface area contributed by atoms with Crippen LogP contribution < -0.4 is 5.32 Å². The Bertz CT molecular complexity index is 1250. The average Bonchev–Trinajstić information content (AvgIpc) is 3.30. The van der Waals surface area contributed by atoms with Crippen molar-refractivity contribution in [2.24, 2.45) is 0 Å². The van der Waals surface area contributed by atoms with Crippen LogP contribution in [0, 0.1) is 0 Å². The molecule has 2 aromatic rings. The molecule has 1 saturated heterocycles. The zero-order valence-corrected chi connectivity index (χ0v) is 19.5. The van der Waals surface area contributed by atoms with Gasteiger partial charge in [-0.1, -0.05) is 67.3 Å². The Balaban J connectivity index is 1.40. The topological polar surface area (TPSA) is 52.7 Å². The van der Waals surface area contributed by atoms with Crippen LogP contribution >= 0.6 is 0 Å². The highest BCUT2D eigenvalue weighted by molar-refractivity contribution is 6.07. The van der Waals surface area contributed by atoms with Crippen LogP contribution in [0.4, 0.5) is 5.69 Å². The van der Waals surface area contributed by atoms with Crippen LogP contribution in [0.15, 0.2) is 96.1 Å². The molecule has 0 bridgehead atoms. The lowest BCUT2D eigenvalue weighted by Gasteiger charge is -2.40. The molecule has 1 aliphatic carbocycles. The van der Waals surface area contributed by atoms with Crippen LogP contribution in [0.25, 0.3) is 0 Å². The maximum atomic E-state index is 13.4. The monoisotopic (exact) mass is 451 g/mol. The van der Waals surface area contributed by atoms with Crippen LogP contribution in [0.1, 0.15) is 40.9 Å². The molecular formula is C29H29N3O2. The molecule has 2 aromatic carbocycles. The summed E-state index contributed by atoms with van der Waals surface area (Å²) in [6, 6.07) is 15.8. The van der Waals surface area contributed by atoms with Crippen LogP contribution in [-0.4, -0.2) is 47.8 Å². The Morgan fingerprint density at radius 1 is 1.03 bits per heavy atom. The van der Waals surface area contributed by atoms with E-state index < -0.39 is 0 Å². The summed E-state index contributed by atoms with van der Waals surface area (Å²) in [6.07, 6.45) is 8.63. The third-order valence-electron chi connectivity index (χ3n) is 7.00. The molecule has 1 atom stereocenters. The molecule has 1 N–H and O–H groups in total. The van der Waals surface area contributed by atoms with E-state index >= 15 is 0 Å². The van der Waals surface area contributed by atoms with E-state index in [9.17, 15) is 9.59 Å². The number of fused-ring (bicyclic) bond motifs is 2. The molecule has 0 spiro atoms. The first kappa shape index (κ1) is 22.1. The summed E-state index contributed by atoms with van der Waals surface area (Å²) >= 11 is 0. The van der Waals surface area contributed by atoms with Crippen molar-refractivity contribution < 1.29 is 9.59 Å². The first-order valence-corrected chi connectivity index (χ1v) is 11.8. The Morgan fingerprint density at radius 3 is 2.47 bits per heavy atom. The molecule has 1 unspecified atom stereocenters. The van der Waals surface area contributed by atoms with Crippen LogP contribution in [-0.2, 0) is 4.79 Å². The van der Waals surface area contributed by atoms with Crippen molar-refractivity contribution in [3.8, 4) is 0 Å². The lowest BCUT2D eigenvalue weighted by atomic mass is 9.92. The molecule has 0 radical (unpaired) electrons. The lowest BCUT2D eigenvalue weighted by Crippen LogP contribution is -2.50. The highest BCUT2D eigenvalue weighted by atomic mass is 16.2. The summed E-state index contributed by atoms with van der Waals surface area (Å²) in [6.45, 7) is 8.57. The number of piperazine rings is 1. The zero-order chi connectivity index (χ0) is 23.7. The molecule has 34 heavy (non-hydrogen) atoms. The summed E-state index contributed by atoms with van der Waals surface area (Å²) in [5.41, 5.74) is 6.51. The van der Waals surface area contributed by atoms with Crippen molar-refractivity contribution in [2.45, 2.75) is 19.4 Å². The third kappa shape index (κ3) is 3.82. The molecule has 2 amide bonds. The van der Waals surface area contributed by atoms with Crippen molar-refractivity contribution in [2.75, 3.05) is 31.5 Å². The second-order valence-electron chi connectivity index (χ2n) is 8.81. The van der Waals surface area contributed by atoms with E-state index in [-0.39, 0.29) is 17.9 Å². The van der Waals surface area contributed by atoms with E-state index in [0.29, 0.717) is 18.7 Å². The largest absolute Gasteiger partial charge is 0.336 e. The van der Waals surface area contributed by atoms with Gasteiger partial charge in [0.1, 0.15) is 0 Å². The van der Waals surface area contributed by atoms with E-state index in [1.54, 1.807) is 0 Å². The molecule has 1 fully saturated rings. The van der Waals surface area contributed by atoms with Crippen LogP contribution in [0.2, 0.25) is 0 Å².